The zero-order valence-corrected chi connectivity index (χ0v) is 8.76. The molecular formula is C6H15AlO2P. The molecule has 0 aliphatic heterocycles. The van der Waals surface area contributed by atoms with Crippen LogP contribution in [-0.4, -0.2) is 20.1 Å². The standard InChI is InChI=1S/C4H9.C2H5.Al.HO2P/c1-3-4-2;1-2;;1-3-2/h1,3-4H2,2H3;1H2,2H3;;(H,1,2). The second-order valence-corrected chi connectivity index (χ2v) is 4.06. The number of hydrogen-bond donors (Lipinski definition) is 1. The summed E-state index contributed by atoms with van der Waals surface area (Å²) in [6.07, 6.45) is 2.84. The molecule has 0 heterocycles. The van der Waals surface area contributed by atoms with Gasteiger partial charge in [-0.2, -0.15) is 0 Å². The van der Waals surface area contributed by atoms with Gasteiger partial charge in [0.05, 0.1) is 0 Å². The molecule has 0 aromatic rings. The largest absolute Gasteiger partial charge is 0.324 e. The lowest BCUT2D eigenvalue weighted by molar-refractivity contribution is 0.524. The summed E-state index contributed by atoms with van der Waals surface area (Å²) in [5.74, 6) is 0. The summed E-state index contributed by atoms with van der Waals surface area (Å²) in [5, 5.41) is 2.97. The first-order chi connectivity index (χ1) is 4.83. The van der Waals surface area contributed by atoms with Crippen molar-refractivity contribution < 1.29 is 9.46 Å². The molecule has 0 rings (SSSR count). The molecule has 0 fully saturated rings. The Morgan fingerprint density at radius 1 is 1.50 bits per heavy atom. The summed E-state index contributed by atoms with van der Waals surface area (Å²) in [6, 6.07) is 0. The van der Waals surface area contributed by atoms with Crippen molar-refractivity contribution >= 4 is 23.9 Å². The quantitative estimate of drug-likeness (QED) is 0.407. The normalized spacial score (nSPS) is 8.30. The van der Waals surface area contributed by atoms with Crippen LogP contribution in [0.3, 0.4) is 0 Å². The van der Waals surface area contributed by atoms with E-state index < -0.39 is 8.69 Å². The molecule has 0 aromatic carbocycles. The molecule has 4 heteroatoms. The highest BCUT2D eigenvalue weighted by molar-refractivity contribution is 7.16. The molecule has 59 valence electrons. The second-order valence-electron chi connectivity index (χ2n) is 1.92. The monoisotopic (exact) mass is 177 g/mol. The molecule has 0 spiro atoms. The van der Waals surface area contributed by atoms with Crippen molar-refractivity contribution in [3.8, 4) is 0 Å². The van der Waals surface area contributed by atoms with Gasteiger partial charge in [0.15, 0.2) is 15.2 Å². The van der Waals surface area contributed by atoms with Gasteiger partial charge in [0, 0.05) is 0 Å². The molecule has 0 aliphatic carbocycles. The Balaban J connectivity index is 0. The van der Waals surface area contributed by atoms with Crippen molar-refractivity contribution in [2.24, 2.45) is 0 Å². The van der Waals surface area contributed by atoms with Crippen molar-refractivity contribution in [1.29, 1.82) is 0 Å². The van der Waals surface area contributed by atoms with Gasteiger partial charge < -0.3 is 4.89 Å². The number of hydrogen-bond acceptors (Lipinski definition) is 1. The fourth-order valence-electron chi connectivity index (χ4n) is 0.553. The summed E-state index contributed by atoms with van der Waals surface area (Å²) in [6.45, 7) is 4.54. The average molecular weight is 177 g/mol. The summed E-state index contributed by atoms with van der Waals surface area (Å²) >= 11 is 0.816. The molecule has 10 heavy (non-hydrogen) atoms. The van der Waals surface area contributed by atoms with Gasteiger partial charge in [-0.3, -0.25) is 0 Å². The molecule has 0 unspecified atom stereocenters. The lowest BCUT2D eigenvalue weighted by atomic mass is 10.4. The molecule has 0 saturated heterocycles. The maximum atomic E-state index is 8.46. The van der Waals surface area contributed by atoms with Gasteiger partial charge in [-0.25, -0.2) is 4.57 Å². The highest BCUT2D eigenvalue weighted by Crippen LogP contribution is 1.94. The van der Waals surface area contributed by atoms with E-state index in [1.807, 2.05) is 0 Å². The first kappa shape index (κ1) is 13.2. The van der Waals surface area contributed by atoms with Crippen molar-refractivity contribution in [3.05, 3.63) is 0 Å². The topological polar surface area (TPSA) is 37.3 Å². The van der Waals surface area contributed by atoms with Gasteiger partial charge in [0.1, 0.15) is 0 Å². The van der Waals surface area contributed by atoms with E-state index in [2.05, 4.69) is 13.8 Å². The summed E-state index contributed by atoms with van der Waals surface area (Å²) in [7, 11) is -0.833. The van der Waals surface area contributed by atoms with E-state index in [0.717, 1.165) is 15.2 Å². The van der Waals surface area contributed by atoms with Crippen molar-refractivity contribution in [2.75, 3.05) is 0 Å². The SMILES string of the molecule is CCC[CH2][Al][CH2]C.O=PO. The maximum Gasteiger partial charge on any atom is 0.324 e. The minimum Gasteiger partial charge on any atom is -0.310 e. The molecule has 2 nitrogen and oxygen atoms in total. The fourth-order valence-corrected chi connectivity index (χ4v) is 1.66. The highest BCUT2D eigenvalue weighted by atomic mass is 31.1. The Hall–Kier alpha value is 0.592. The maximum absolute atomic E-state index is 8.46. The average Bonchev–Trinajstić information content (AvgIpc) is 1.91. The van der Waals surface area contributed by atoms with Gasteiger partial charge in [-0.1, -0.05) is 26.7 Å². The lowest BCUT2D eigenvalue weighted by Gasteiger charge is -1.88. The summed E-state index contributed by atoms with van der Waals surface area (Å²) < 4.78 is 8.46. The molecule has 0 aliphatic rings. The minimum atomic E-state index is -0.833. The van der Waals surface area contributed by atoms with Gasteiger partial charge >= 0.3 is 8.69 Å². The van der Waals surface area contributed by atoms with Crippen LogP contribution in [0.5, 0.6) is 0 Å². The van der Waals surface area contributed by atoms with Gasteiger partial charge in [0.2, 0.25) is 0 Å². The number of unbranched alkanes of at least 4 members (excludes halogenated alkanes) is 1. The van der Waals surface area contributed by atoms with Crippen LogP contribution in [0.2, 0.25) is 10.6 Å². The molecule has 0 amide bonds. The van der Waals surface area contributed by atoms with Crippen LogP contribution < -0.4 is 0 Å². The Labute approximate surface area is 71.0 Å². The minimum absolute atomic E-state index is 0.816. The highest BCUT2D eigenvalue weighted by Gasteiger charge is 1.84. The Morgan fingerprint density at radius 2 is 2.00 bits per heavy atom. The predicted molar refractivity (Wildman–Crippen MR) is 45.8 cm³/mol. The Morgan fingerprint density at radius 3 is 2.30 bits per heavy atom. The zero-order chi connectivity index (χ0) is 8.24. The van der Waals surface area contributed by atoms with Crippen LogP contribution in [-0.2, 0) is 4.57 Å². The van der Waals surface area contributed by atoms with E-state index >= 15 is 0 Å². The fraction of sp³-hybridized carbons (Fsp3) is 1.00. The van der Waals surface area contributed by atoms with Gasteiger partial charge in [0.25, 0.3) is 0 Å². The van der Waals surface area contributed by atoms with Crippen LogP contribution in [0, 0.1) is 0 Å². The third-order valence-electron chi connectivity index (χ3n) is 1.05. The first-order valence-electron chi connectivity index (χ1n) is 3.61. The van der Waals surface area contributed by atoms with E-state index in [1.165, 1.54) is 23.4 Å². The van der Waals surface area contributed by atoms with Crippen LogP contribution in [0.15, 0.2) is 0 Å². The van der Waals surface area contributed by atoms with E-state index in [-0.39, 0.29) is 0 Å². The van der Waals surface area contributed by atoms with Gasteiger partial charge in [-0.05, 0) is 0 Å². The lowest BCUT2D eigenvalue weighted by Crippen LogP contribution is -1.82. The van der Waals surface area contributed by atoms with Crippen molar-refractivity contribution in [2.45, 2.75) is 37.3 Å². The first-order valence-corrected chi connectivity index (χ1v) is 6.01. The van der Waals surface area contributed by atoms with Crippen molar-refractivity contribution in [3.63, 3.8) is 0 Å². The van der Waals surface area contributed by atoms with E-state index in [9.17, 15) is 0 Å². The van der Waals surface area contributed by atoms with Crippen LogP contribution >= 0.6 is 8.69 Å². The summed E-state index contributed by atoms with van der Waals surface area (Å²) in [4.78, 5) is 6.99. The van der Waals surface area contributed by atoms with Crippen LogP contribution in [0.25, 0.3) is 0 Å². The predicted octanol–water partition coefficient (Wildman–Crippen LogP) is 2.53. The van der Waals surface area contributed by atoms with E-state index in [4.69, 9.17) is 9.46 Å². The van der Waals surface area contributed by atoms with Gasteiger partial charge in [-0.15, -0.1) is 10.6 Å². The molecule has 0 atom stereocenters. The van der Waals surface area contributed by atoms with E-state index in [1.54, 1.807) is 0 Å². The molecule has 0 aromatic heterocycles. The molecular weight excluding hydrogens is 162 g/mol. The summed E-state index contributed by atoms with van der Waals surface area (Å²) in [5.41, 5.74) is 0. The smallest absolute Gasteiger partial charge is 0.310 e. The molecule has 0 bridgehead atoms. The number of rotatable bonds is 4. The molecule has 0 saturated carbocycles. The zero-order valence-electron chi connectivity index (χ0n) is 6.71. The van der Waals surface area contributed by atoms with Crippen molar-refractivity contribution in [1.82, 2.24) is 0 Å². The third kappa shape index (κ3) is 23.5. The third-order valence-corrected chi connectivity index (χ3v) is 2.44. The Kier molecular flexibility index (Phi) is 21.5. The Bertz CT molecular complexity index is 57.7. The molecule has 1 radical (unpaired) electrons. The van der Waals surface area contributed by atoms with E-state index in [0.29, 0.717) is 0 Å². The van der Waals surface area contributed by atoms with Crippen LogP contribution in [0.1, 0.15) is 26.7 Å². The molecule has 1 N–H and O–H groups in total. The van der Waals surface area contributed by atoms with Crippen LogP contribution in [0.4, 0.5) is 0 Å². The second kappa shape index (κ2) is 16.3.